The summed E-state index contributed by atoms with van der Waals surface area (Å²) in [5.74, 6) is 0.446. The summed E-state index contributed by atoms with van der Waals surface area (Å²) in [5, 5.41) is 7.98. The molecule has 6 nitrogen and oxygen atoms in total. The molecule has 0 radical (unpaired) electrons. The molecule has 1 aromatic carbocycles. The van der Waals surface area contributed by atoms with Crippen LogP contribution < -0.4 is 10.9 Å². The minimum atomic E-state index is -0.199. The highest BCUT2D eigenvalue weighted by Crippen LogP contribution is 2.18. The van der Waals surface area contributed by atoms with E-state index in [4.69, 9.17) is 0 Å². The van der Waals surface area contributed by atoms with Crippen LogP contribution in [0, 0.1) is 0 Å². The van der Waals surface area contributed by atoms with Gasteiger partial charge in [-0.15, -0.1) is 11.3 Å². The Kier molecular flexibility index (Phi) is 4.07. The number of anilines is 1. The van der Waals surface area contributed by atoms with Gasteiger partial charge in [0, 0.05) is 9.75 Å². The molecule has 0 unspecified atom stereocenters. The minimum absolute atomic E-state index is 0.199. The smallest absolute Gasteiger partial charge is 0.263 e. The molecular formula is C18H17N5OS. The van der Waals surface area contributed by atoms with E-state index in [0.29, 0.717) is 23.5 Å². The Morgan fingerprint density at radius 3 is 2.72 bits per heavy atom. The van der Waals surface area contributed by atoms with Gasteiger partial charge in [-0.05, 0) is 30.7 Å². The molecule has 0 aliphatic rings. The van der Waals surface area contributed by atoms with Crippen molar-refractivity contribution in [2.75, 3.05) is 5.32 Å². The fourth-order valence-electron chi connectivity index (χ4n) is 2.64. The number of nitrogens with zero attached hydrogens (tertiary/aromatic N) is 3. The van der Waals surface area contributed by atoms with E-state index in [9.17, 15) is 4.79 Å². The van der Waals surface area contributed by atoms with Gasteiger partial charge in [0.1, 0.15) is 5.39 Å². The molecule has 4 aromatic rings. The van der Waals surface area contributed by atoms with Crippen LogP contribution in [0.5, 0.6) is 0 Å². The van der Waals surface area contributed by atoms with E-state index < -0.39 is 0 Å². The van der Waals surface area contributed by atoms with Gasteiger partial charge in [0.25, 0.3) is 5.56 Å². The van der Waals surface area contributed by atoms with Crippen molar-refractivity contribution in [2.24, 2.45) is 0 Å². The molecule has 0 spiro atoms. The number of rotatable bonds is 5. The van der Waals surface area contributed by atoms with Crippen molar-refractivity contribution in [3.8, 4) is 5.69 Å². The molecule has 0 saturated heterocycles. The van der Waals surface area contributed by atoms with Crippen molar-refractivity contribution in [3.05, 3.63) is 68.8 Å². The minimum Gasteiger partial charge on any atom is -0.351 e. The normalized spacial score (nSPS) is 11.1. The van der Waals surface area contributed by atoms with Crippen LogP contribution in [0.4, 0.5) is 5.95 Å². The van der Waals surface area contributed by atoms with Gasteiger partial charge in [0.05, 0.1) is 18.4 Å². The summed E-state index contributed by atoms with van der Waals surface area (Å²) in [6.07, 6.45) is 2.58. The Morgan fingerprint density at radius 1 is 1.16 bits per heavy atom. The molecule has 4 rings (SSSR count). The molecule has 0 aliphatic heterocycles. The van der Waals surface area contributed by atoms with Crippen LogP contribution in [0.2, 0.25) is 0 Å². The molecule has 0 bridgehead atoms. The molecule has 0 fully saturated rings. The molecule has 3 aromatic heterocycles. The van der Waals surface area contributed by atoms with Crippen molar-refractivity contribution in [1.82, 2.24) is 19.7 Å². The van der Waals surface area contributed by atoms with E-state index in [1.807, 2.05) is 30.3 Å². The van der Waals surface area contributed by atoms with Gasteiger partial charge in [-0.2, -0.15) is 10.1 Å². The largest absolute Gasteiger partial charge is 0.351 e. The highest BCUT2D eigenvalue weighted by Gasteiger charge is 2.11. The lowest BCUT2D eigenvalue weighted by Gasteiger charge is -2.06. The predicted molar refractivity (Wildman–Crippen MR) is 101 cm³/mol. The topological polar surface area (TPSA) is 75.6 Å². The Labute approximate surface area is 148 Å². The number of hydrogen-bond acceptors (Lipinski definition) is 5. The van der Waals surface area contributed by atoms with E-state index in [1.54, 1.807) is 22.2 Å². The average molecular weight is 351 g/mol. The maximum atomic E-state index is 12.3. The number of thiophene rings is 1. The van der Waals surface area contributed by atoms with Crippen LogP contribution in [-0.4, -0.2) is 19.7 Å². The summed E-state index contributed by atoms with van der Waals surface area (Å²) < 4.78 is 1.68. The molecule has 7 heteroatoms. The molecule has 3 heterocycles. The van der Waals surface area contributed by atoms with Crippen molar-refractivity contribution in [3.63, 3.8) is 0 Å². The second kappa shape index (κ2) is 6.52. The molecular weight excluding hydrogens is 334 g/mol. The van der Waals surface area contributed by atoms with Gasteiger partial charge in [0.2, 0.25) is 5.95 Å². The Balaban J connectivity index is 1.67. The van der Waals surface area contributed by atoms with Crippen LogP contribution in [0.25, 0.3) is 16.7 Å². The summed E-state index contributed by atoms with van der Waals surface area (Å²) in [5.41, 5.74) is 1.21. The highest BCUT2D eigenvalue weighted by molar-refractivity contribution is 7.12. The van der Waals surface area contributed by atoms with Crippen molar-refractivity contribution in [2.45, 2.75) is 19.9 Å². The highest BCUT2D eigenvalue weighted by atomic mass is 32.1. The Morgan fingerprint density at radius 2 is 1.96 bits per heavy atom. The second-order valence-corrected chi connectivity index (χ2v) is 6.87. The molecule has 0 atom stereocenters. The second-order valence-electron chi connectivity index (χ2n) is 5.62. The number of benzene rings is 1. The van der Waals surface area contributed by atoms with Gasteiger partial charge in [-0.1, -0.05) is 25.1 Å². The summed E-state index contributed by atoms with van der Waals surface area (Å²) in [6, 6.07) is 13.9. The SMILES string of the molecule is CCc1ccc(CNc2nc3c(cnn3-c3ccccc3)c(=O)[nH]2)s1. The van der Waals surface area contributed by atoms with E-state index in [-0.39, 0.29) is 5.56 Å². The summed E-state index contributed by atoms with van der Waals surface area (Å²) >= 11 is 1.76. The number of para-hydroxylation sites is 1. The van der Waals surface area contributed by atoms with E-state index in [2.05, 4.69) is 39.4 Å². The van der Waals surface area contributed by atoms with Crippen LogP contribution in [-0.2, 0) is 13.0 Å². The number of aromatic amines is 1. The Bertz CT molecular complexity index is 1060. The first kappa shape index (κ1) is 15.6. The average Bonchev–Trinajstić information content (AvgIpc) is 3.27. The standard InChI is InChI=1S/C18H17N5OS/c1-2-13-8-9-14(25-13)10-19-18-21-16-15(17(24)22-18)11-20-23(16)12-6-4-3-5-7-12/h3-9,11H,2,10H2,1H3,(H2,19,21,22,24). The molecule has 0 aliphatic carbocycles. The molecule has 2 N–H and O–H groups in total. The number of fused-ring (bicyclic) bond motifs is 1. The Hall–Kier alpha value is -2.93. The molecule has 0 amide bonds. The van der Waals surface area contributed by atoms with Crippen LogP contribution >= 0.6 is 11.3 Å². The maximum absolute atomic E-state index is 12.3. The fourth-order valence-corrected chi connectivity index (χ4v) is 3.54. The van der Waals surface area contributed by atoms with Gasteiger partial charge in [-0.25, -0.2) is 4.68 Å². The lowest BCUT2D eigenvalue weighted by Crippen LogP contribution is -2.13. The zero-order valence-electron chi connectivity index (χ0n) is 13.7. The first-order valence-electron chi connectivity index (χ1n) is 8.09. The number of aryl methyl sites for hydroxylation is 1. The van der Waals surface area contributed by atoms with Gasteiger partial charge < -0.3 is 5.32 Å². The van der Waals surface area contributed by atoms with Crippen LogP contribution in [0.1, 0.15) is 16.7 Å². The first-order valence-corrected chi connectivity index (χ1v) is 8.91. The predicted octanol–water partition coefficient (Wildman–Crippen LogP) is 3.34. The summed E-state index contributed by atoms with van der Waals surface area (Å²) in [7, 11) is 0. The maximum Gasteiger partial charge on any atom is 0.263 e. The van der Waals surface area contributed by atoms with Crippen molar-refractivity contribution in [1.29, 1.82) is 0 Å². The van der Waals surface area contributed by atoms with Crippen molar-refractivity contribution >= 4 is 28.3 Å². The third-order valence-electron chi connectivity index (χ3n) is 3.93. The van der Waals surface area contributed by atoms with Crippen molar-refractivity contribution < 1.29 is 0 Å². The zero-order chi connectivity index (χ0) is 17.2. The summed E-state index contributed by atoms with van der Waals surface area (Å²) in [4.78, 5) is 22.2. The van der Waals surface area contributed by atoms with Gasteiger partial charge >= 0.3 is 0 Å². The summed E-state index contributed by atoms with van der Waals surface area (Å²) in [6.45, 7) is 2.76. The number of nitrogens with one attached hydrogen (secondary N) is 2. The van der Waals surface area contributed by atoms with E-state index >= 15 is 0 Å². The third kappa shape index (κ3) is 3.06. The van der Waals surface area contributed by atoms with Gasteiger partial charge in [0.15, 0.2) is 5.65 Å². The molecule has 25 heavy (non-hydrogen) atoms. The number of aromatic nitrogens is 4. The van der Waals surface area contributed by atoms with Crippen LogP contribution in [0.15, 0.2) is 53.5 Å². The number of H-pyrrole nitrogens is 1. The molecule has 0 saturated carbocycles. The quantitative estimate of drug-likeness (QED) is 0.578. The zero-order valence-corrected chi connectivity index (χ0v) is 14.5. The fraction of sp³-hybridized carbons (Fsp3) is 0.167. The van der Waals surface area contributed by atoms with E-state index in [1.165, 1.54) is 9.75 Å². The van der Waals surface area contributed by atoms with E-state index in [0.717, 1.165) is 12.1 Å². The monoisotopic (exact) mass is 351 g/mol. The molecule has 126 valence electrons. The lowest BCUT2D eigenvalue weighted by molar-refractivity contribution is 0.894. The first-order chi connectivity index (χ1) is 12.2. The third-order valence-corrected chi connectivity index (χ3v) is 5.16. The van der Waals surface area contributed by atoms with Crippen LogP contribution in [0.3, 0.4) is 0 Å². The number of hydrogen-bond donors (Lipinski definition) is 2. The van der Waals surface area contributed by atoms with Gasteiger partial charge in [-0.3, -0.25) is 9.78 Å². The lowest BCUT2D eigenvalue weighted by atomic mass is 10.3.